The molecule has 0 heterocycles. The summed E-state index contributed by atoms with van der Waals surface area (Å²) in [5, 5.41) is 0.777. The van der Waals surface area contributed by atoms with Gasteiger partial charge in [0.05, 0.1) is 7.11 Å². The first-order chi connectivity index (χ1) is 7.22. The van der Waals surface area contributed by atoms with E-state index >= 15 is 0 Å². The van der Waals surface area contributed by atoms with Crippen molar-refractivity contribution in [1.82, 2.24) is 0 Å². The summed E-state index contributed by atoms with van der Waals surface area (Å²) in [7, 11) is 1.70. The van der Waals surface area contributed by atoms with Gasteiger partial charge in [0.15, 0.2) is 0 Å². The summed E-state index contributed by atoms with van der Waals surface area (Å²) < 4.78 is 5.42. The number of rotatable bonds is 5. The van der Waals surface area contributed by atoms with Gasteiger partial charge in [-0.1, -0.05) is 18.5 Å². The van der Waals surface area contributed by atoms with E-state index in [1.54, 1.807) is 7.11 Å². The van der Waals surface area contributed by atoms with Gasteiger partial charge in [0.1, 0.15) is 5.75 Å². The summed E-state index contributed by atoms with van der Waals surface area (Å²) in [6.45, 7) is 2.79. The number of ether oxygens (including phenoxy) is 1. The molecule has 0 radical (unpaired) electrons. The molecule has 0 saturated carbocycles. The highest BCUT2D eigenvalue weighted by atomic mass is 35.5. The fourth-order valence-electron chi connectivity index (χ4n) is 1.71. The highest BCUT2D eigenvalue weighted by Gasteiger charge is 2.09. The zero-order valence-electron chi connectivity index (χ0n) is 9.35. The maximum absolute atomic E-state index is 6.05. The zero-order valence-corrected chi connectivity index (χ0v) is 10.1. The van der Waals surface area contributed by atoms with Crippen molar-refractivity contribution in [3.8, 4) is 5.75 Å². The predicted octanol–water partition coefficient (Wildman–Crippen LogP) is 2.80. The summed E-state index contributed by atoms with van der Waals surface area (Å²) in [6.07, 6.45) is 2.81. The van der Waals surface area contributed by atoms with Gasteiger partial charge in [-0.2, -0.15) is 0 Å². The second kappa shape index (κ2) is 5.99. The molecular weight excluding hydrogens is 210 g/mol. The molecule has 0 aromatic heterocycles. The van der Waals surface area contributed by atoms with Crippen molar-refractivity contribution in [2.75, 3.05) is 13.7 Å². The molecule has 2 N–H and O–H groups in total. The van der Waals surface area contributed by atoms with Gasteiger partial charge in [-0.15, -0.1) is 0 Å². The third kappa shape index (κ3) is 3.11. The SMILES string of the molecule is CCc1cc(Cl)cc(CCCN)c1OC. The average Bonchev–Trinajstić information content (AvgIpc) is 2.25. The Labute approximate surface area is 96.4 Å². The number of halogens is 1. The molecule has 0 bridgehead atoms. The molecule has 0 saturated heterocycles. The first kappa shape index (κ1) is 12.3. The molecule has 0 aliphatic carbocycles. The summed E-state index contributed by atoms with van der Waals surface area (Å²) in [4.78, 5) is 0. The topological polar surface area (TPSA) is 35.2 Å². The normalized spacial score (nSPS) is 10.4. The summed E-state index contributed by atoms with van der Waals surface area (Å²) in [6, 6.07) is 3.93. The van der Waals surface area contributed by atoms with E-state index in [2.05, 4.69) is 6.92 Å². The maximum Gasteiger partial charge on any atom is 0.125 e. The minimum atomic E-state index is 0.692. The minimum Gasteiger partial charge on any atom is -0.496 e. The number of hydrogen-bond acceptors (Lipinski definition) is 2. The van der Waals surface area contributed by atoms with Crippen LogP contribution in [0.1, 0.15) is 24.5 Å². The van der Waals surface area contributed by atoms with Gasteiger partial charge in [0, 0.05) is 5.02 Å². The van der Waals surface area contributed by atoms with Crippen LogP contribution in [0.5, 0.6) is 5.75 Å². The average molecular weight is 228 g/mol. The Balaban J connectivity index is 3.05. The molecule has 1 rings (SSSR count). The zero-order chi connectivity index (χ0) is 11.3. The van der Waals surface area contributed by atoms with Crippen LogP contribution >= 0.6 is 11.6 Å². The quantitative estimate of drug-likeness (QED) is 0.840. The van der Waals surface area contributed by atoms with E-state index in [4.69, 9.17) is 22.1 Å². The molecule has 15 heavy (non-hydrogen) atoms. The van der Waals surface area contributed by atoms with Crippen LogP contribution in [-0.4, -0.2) is 13.7 Å². The molecular formula is C12H18ClNO. The van der Waals surface area contributed by atoms with Crippen molar-refractivity contribution in [3.63, 3.8) is 0 Å². The Kier molecular flexibility index (Phi) is 4.92. The largest absolute Gasteiger partial charge is 0.496 e. The van der Waals surface area contributed by atoms with Crippen molar-refractivity contribution in [2.45, 2.75) is 26.2 Å². The van der Waals surface area contributed by atoms with Gasteiger partial charge in [-0.25, -0.2) is 0 Å². The summed E-state index contributed by atoms with van der Waals surface area (Å²) in [5.41, 5.74) is 7.83. The molecule has 0 aliphatic heterocycles. The van der Waals surface area contributed by atoms with Crippen LogP contribution in [0.25, 0.3) is 0 Å². The van der Waals surface area contributed by atoms with Gasteiger partial charge < -0.3 is 10.5 Å². The molecule has 84 valence electrons. The second-order valence-corrected chi connectivity index (χ2v) is 3.94. The first-order valence-electron chi connectivity index (χ1n) is 5.28. The molecule has 1 aromatic carbocycles. The van der Waals surface area contributed by atoms with Crippen molar-refractivity contribution < 1.29 is 4.74 Å². The van der Waals surface area contributed by atoms with E-state index in [1.807, 2.05) is 12.1 Å². The lowest BCUT2D eigenvalue weighted by Gasteiger charge is -2.13. The van der Waals surface area contributed by atoms with Gasteiger partial charge >= 0.3 is 0 Å². The van der Waals surface area contributed by atoms with Crippen molar-refractivity contribution in [2.24, 2.45) is 5.73 Å². The van der Waals surface area contributed by atoms with Crippen LogP contribution in [0, 0.1) is 0 Å². The smallest absolute Gasteiger partial charge is 0.125 e. The van der Waals surface area contributed by atoms with Crippen LogP contribution in [-0.2, 0) is 12.8 Å². The Morgan fingerprint density at radius 2 is 2.00 bits per heavy atom. The standard InChI is InChI=1S/C12H18ClNO/c1-3-9-7-11(13)8-10(5-4-6-14)12(9)15-2/h7-8H,3-6,14H2,1-2H3. The van der Waals surface area contributed by atoms with E-state index in [9.17, 15) is 0 Å². The molecule has 0 aliphatic rings. The van der Waals surface area contributed by atoms with Gasteiger partial charge in [0.2, 0.25) is 0 Å². The molecule has 0 spiro atoms. The van der Waals surface area contributed by atoms with Gasteiger partial charge in [-0.3, -0.25) is 0 Å². The molecule has 2 nitrogen and oxygen atoms in total. The summed E-state index contributed by atoms with van der Waals surface area (Å²) in [5.74, 6) is 0.968. The van der Waals surface area contributed by atoms with Crippen LogP contribution in [0.3, 0.4) is 0 Å². The molecule has 0 fully saturated rings. The maximum atomic E-state index is 6.05. The molecule has 0 atom stereocenters. The van der Waals surface area contributed by atoms with E-state index in [0.29, 0.717) is 6.54 Å². The van der Waals surface area contributed by atoms with Gasteiger partial charge in [0.25, 0.3) is 0 Å². The summed E-state index contributed by atoms with van der Waals surface area (Å²) >= 11 is 6.05. The van der Waals surface area contributed by atoms with Crippen molar-refractivity contribution >= 4 is 11.6 Å². The number of nitrogens with two attached hydrogens (primary N) is 1. The van der Waals surface area contributed by atoms with Crippen molar-refractivity contribution in [3.05, 3.63) is 28.3 Å². The highest BCUT2D eigenvalue weighted by Crippen LogP contribution is 2.29. The third-order valence-corrected chi connectivity index (χ3v) is 2.66. The number of methoxy groups -OCH3 is 1. The van der Waals surface area contributed by atoms with Crippen LogP contribution in [0.4, 0.5) is 0 Å². The molecule has 0 amide bonds. The monoisotopic (exact) mass is 227 g/mol. The third-order valence-electron chi connectivity index (χ3n) is 2.44. The van der Waals surface area contributed by atoms with Gasteiger partial charge in [-0.05, 0) is 49.1 Å². The highest BCUT2D eigenvalue weighted by molar-refractivity contribution is 6.30. The fraction of sp³-hybridized carbons (Fsp3) is 0.500. The molecule has 1 aromatic rings. The second-order valence-electron chi connectivity index (χ2n) is 3.50. The number of aryl methyl sites for hydroxylation is 2. The predicted molar refractivity (Wildman–Crippen MR) is 64.8 cm³/mol. The minimum absolute atomic E-state index is 0.692. The molecule has 0 unspecified atom stereocenters. The van der Waals surface area contributed by atoms with Crippen LogP contribution < -0.4 is 10.5 Å². The lowest BCUT2D eigenvalue weighted by molar-refractivity contribution is 0.404. The van der Waals surface area contributed by atoms with E-state index in [-0.39, 0.29) is 0 Å². The van der Waals surface area contributed by atoms with Crippen LogP contribution in [0.2, 0.25) is 5.02 Å². The Morgan fingerprint density at radius 3 is 2.53 bits per heavy atom. The van der Waals surface area contributed by atoms with Crippen LogP contribution in [0.15, 0.2) is 12.1 Å². The fourth-order valence-corrected chi connectivity index (χ4v) is 1.98. The Hall–Kier alpha value is -0.730. The number of benzene rings is 1. The number of hydrogen-bond donors (Lipinski definition) is 1. The Morgan fingerprint density at radius 1 is 1.33 bits per heavy atom. The molecule has 3 heteroatoms. The Bertz CT molecular complexity index is 326. The van der Waals surface area contributed by atoms with E-state index in [0.717, 1.165) is 41.2 Å². The first-order valence-corrected chi connectivity index (χ1v) is 5.66. The van der Waals surface area contributed by atoms with E-state index in [1.165, 1.54) is 0 Å². The van der Waals surface area contributed by atoms with E-state index < -0.39 is 0 Å². The lowest BCUT2D eigenvalue weighted by Crippen LogP contribution is -2.03. The van der Waals surface area contributed by atoms with Crippen molar-refractivity contribution in [1.29, 1.82) is 0 Å². The lowest BCUT2D eigenvalue weighted by atomic mass is 10.0.